The summed E-state index contributed by atoms with van der Waals surface area (Å²) in [5.41, 5.74) is 1.21. The normalized spacial score (nSPS) is 21.5. The van der Waals surface area contributed by atoms with Crippen LogP contribution in [0.4, 0.5) is 4.39 Å². The minimum absolute atomic E-state index is 0.0348. The van der Waals surface area contributed by atoms with Gasteiger partial charge in [0.05, 0.1) is 13.7 Å². The van der Waals surface area contributed by atoms with Crippen LogP contribution in [0.1, 0.15) is 62.7 Å². The van der Waals surface area contributed by atoms with Crippen LogP contribution >= 0.6 is 0 Å². The summed E-state index contributed by atoms with van der Waals surface area (Å²) in [6.45, 7) is 9.98. The number of pyridine rings is 1. The van der Waals surface area contributed by atoms with Crippen LogP contribution in [0.15, 0.2) is 42.6 Å². The third-order valence-electron chi connectivity index (χ3n) is 8.42. The zero-order chi connectivity index (χ0) is 36.0. The van der Waals surface area contributed by atoms with Gasteiger partial charge < -0.3 is 30.9 Å². The molecular weight excluding hydrogens is 633 g/mol. The van der Waals surface area contributed by atoms with E-state index in [1.165, 1.54) is 20.2 Å². The third kappa shape index (κ3) is 9.33. The predicted octanol–water partition coefficient (Wildman–Crippen LogP) is 2.15. The van der Waals surface area contributed by atoms with E-state index in [0.717, 1.165) is 20.4 Å². The molecule has 0 bridgehead atoms. The molecule has 0 aliphatic carbocycles. The summed E-state index contributed by atoms with van der Waals surface area (Å²) in [6, 6.07) is 6.45. The molecule has 1 aliphatic rings. The second-order valence-corrected chi connectivity index (χ2v) is 13.3. The van der Waals surface area contributed by atoms with Crippen molar-refractivity contribution in [3.63, 3.8) is 0 Å². The van der Waals surface area contributed by atoms with Crippen molar-refractivity contribution in [1.82, 2.24) is 35.6 Å². The van der Waals surface area contributed by atoms with E-state index in [1.54, 1.807) is 43.3 Å². The summed E-state index contributed by atoms with van der Waals surface area (Å²) in [4.78, 5) is 73.6. The number of nitrogens with zero attached hydrogens (tertiary/aromatic N) is 3. The topological polar surface area (TPSA) is 163 Å². The van der Waals surface area contributed by atoms with Crippen LogP contribution in [0.5, 0.6) is 5.75 Å². The van der Waals surface area contributed by atoms with E-state index in [1.807, 2.05) is 27.7 Å². The summed E-state index contributed by atoms with van der Waals surface area (Å²) in [7, 11) is 1.54. The number of amides is 5. The number of carbonyl (C=O) groups excluding carboxylic acids is 5. The van der Waals surface area contributed by atoms with Gasteiger partial charge in [-0.05, 0) is 61.4 Å². The molecule has 1 aromatic carbocycles. The van der Waals surface area contributed by atoms with Crippen LogP contribution < -0.4 is 26.0 Å². The molecule has 264 valence electrons. The molecule has 0 spiro atoms. The van der Waals surface area contributed by atoms with E-state index >= 15 is 4.39 Å². The molecule has 3 aromatic rings. The zero-order valence-corrected chi connectivity index (χ0v) is 29.0. The van der Waals surface area contributed by atoms with Gasteiger partial charge in [0, 0.05) is 25.2 Å². The lowest BCUT2D eigenvalue weighted by Crippen LogP contribution is -2.57. The molecule has 2 aromatic heterocycles. The van der Waals surface area contributed by atoms with Crippen molar-refractivity contribution >= 4 is 35.2 Å². The number of ether oxygens (including phenoxy) is 1. The number of hydrogen-bond donors (Lipinski definition) is 4. The van der Waals surface area contributed by atoms with E-state index in [-0.39, 0.29) is 36.9 Å². The van der Waals surface area contributed by atoms with E-state index in [4.69, 9.17) is 4.74 Å². The Hall–Kier alpha value is -5.01. The van der Waals surface area contributed by atoms with Gasteiger partial charge >= 0.3 is 0 Å². The smallest absolute Gasteiger partial charge is 0.277 e. The number of halogens is 1. The Labute approximate surface area is 285 Å². The molecule has 1 aliphatic heterocycles. The summed E-state index contributed by atoms with van der Waals surface area (Å²) >= 11 is 0. The fourth-order valence-electron chi connectivity index (χ4n) is 5.57. The van der Waals surface area contributed by atoms with Gasteiger partial charge in [-0.15, -0.1) is 0 Å². The molecule has 0 unspecified atom stereocenters. The number of methoxy groups -OCH3 is 1. The van der Waals surface area contributed by atoms with E-state index in [9.17, 15) is 24.0 Å². The van der Waals surface area contributed by atoms with Crippen molar-refractivity contribution in [2.24, 2.45) is 11.8 Å². The minimum atomic E-state index is -1.09. The van der Waals surface area contributed by atoms with Gasteiger partial charge in [0.2, 0.25) is 29.6 Å². The van der Waals surface area contributed by atoms with Crippen molar-refractivity contribution < 1.29 is 33.1 Å². The van der Waals surface area contributed by atoms with Gasteiger partial charge in [-0.1, -0.05) is 45.9 Å². The summed E-state index contributed by atoms with van der Waals surface area (Å²) in [5.74, 6) is -3.82. The van der Waals surface area contributed by atoms with E-state index in [0.29, 0.717) is 5.75 Å². The maximum Gasteiger partial charge on any atom is 0.277 e. The number of fused-ring (bicyclic) bond motifs is 1. The maximum atomic E-state index is 15.6. The molecule has 5 amide bonds. The Bertz CT molecular complexity index is 1690. The molecule has 0 radical (unpaired) electrons. The summed E-state index contributed by atoms with van der Waals surface area (Å²) in [6.07, 6.45) is 1.84. The molecule has 4 rings (SSSR count). The molecule has 49 heavy (non-hydrogen) atoms. The average Bonchev–Trinajstić information content (AvgIpc) is 3.37. The van der Waals surface area contributed by atoms with Crippen LogP contribution in [-0.2, 0) is 25.6 Å². The zero-order valence-electron chi connectivity index (χ0n) is 29.0. The first-order chi connectivity index (χ1) is 23.2. The van der Waals surface area contributed by atoms with Crippen LogP contribution in [-0.4, -0.2) is 88.2 Å². The number of benzene rings is 1. The van der Waals surface area contributed by atoms with Crippen LogP contribution in [0.3, 0.4) is 0 Å². The highest BCUT2D eigenvalue weighted by Gasteiger charge is 2.34. The van der Waals surface area contributed by atoms with Gasteiger partial charge in [0.15, 0.2) is 5.69 Å². The molecule has 1 fully saturated rings. The van der Waals surface area contributed by atoms with E-state index < -0.39 is 71.9 Å². The quantitative estimate of drug-likeness (QED) is 0.297. The summed E-state index contributed by atoms with van der Waals surface area (Å²) in [5, 5.41) is 11.1. The molecule has 4 atom stereocenters. The molecule has 13 nitrogen and oxygen atoms in total. The SMILES string of the molecule is COc1ccc(C[C@@H]2NC(=O)[C@H](CC(C)C)NC(=O)CN(C(=O)c3nc4ccc(C)cn4c3F)C[C@H](C(C)C)NC(=O)[C@@H](C)NC2=O)cc1. The fraction of sp³-hybridized carbons (Fsp3) is 0.486. The first-order valence-electron chi connectivity index (χ1n) is 16.4. The number of hydrogen-bond acceptors (Lipinski definition) is 7. The number of rotatable bonds is 7. The van der Waals surface area contributed by atoms with Gasteiger partial charge in [0.1, 0.15) is 29.5 Å². The molecule has 4 N–H and O–H groups in total. The Kier molecular flexibility index (Phi) is 12.0. The number of imidazole rings is 1. The monoisotopic (exact) mass is 679 g/mol. The lowest BCUT2D eigenvalue weighted by molar-refractivity contribution is -0.133. The number of aromatic nitrogens is 2. The highest BCUT2D eigenvalue weighted by molar-refractivity contribution is 5.97. The Morgan fingerprint density at radius 3 is 2.24 bits per heavy atom. The van der Waals surface area contributed by atoms with Gasteiger partial charge in [-0.2, -0.15) is 4.39 Å². The molecule has 14 heteroatoms. The standard InChI is InChI=1S/C35H46FN7O6/c1-19(2)14-25-34(47)39-26(15-23-9-11-24(49-7)12-10-23)33(46)37-22(6)32(45)40-27(20(3)4)17-42(18-29(44)38-25)35(48)30-31(36)43-16-21(5)8-13-28(43)41-30/h8-13,16,19-20,22,25-27H,14-15,17-18H2,1-7H3,(H,37,46)(H,38,44)(H,39,47)(H,40,45)/t22-,25+,26+,27-/m1/s1. The molecule has 3 heterocycles. The van der Waals surface area contributed by atoms with Gasteiger partial charge in [0.25, 0.3) is 5.91 Å². The van der Waals surface area contributed by atoms with Crippen LogP contribution in [0.25, 0.3) is 5.65 Å². The lowest BCUT2D eigenvalue weighted by atomic mass is 10.0. The predicted molar refractivity (Wildman–Crippen MR) is 180 cm³/mol. The fourth-order valence-corrected chi connectivity index (χ4v) is 5.57. The number of nitrogens with one attached hydrogen (secondary N) is 4. The van der Waals surface area contributed by atoms with Crippen molar-refractivity contribution in [3.05, 3.63) is 65.4 Å². The highest BCUT2D eigenvalue weighted by Crippen LogP contribution is 2.17. The Balaban J connectivity index is 1.70. The molecule has 0 saturated carbocycles. The lowest BCUT2D eigenvalue weighted by Gasteiger charge is -2.31. The van der Waals surface area contributed by atoms with Gasteiger partial charge in [-0.3, -0.25) is 28.4 Å². The minimum Gasteiger partial charge on any atom is -0.497 e. The van der Waals surface area contributed by atoms with Crippen LogP contribution in [0.2, 0.25) is 0 Å². The first-order valence-corrected chi connectivity index (χ1v) is 16.4. The molecular formula is C35H46FN7O6. The van der Waals surface area contributed by atoms with Crippen LogP contribution in [0, 0.1) is 24.7 Å². The summed E-state index contributed by atoms with van der Waals surface area (Å²) < 4.78 is 22.0. The highest BCUT2D eigenvalue weighted by atomic mass is 19.1. The third-order valence-corrected chi connectivity index (χ3v) is 8.42. The number of aryl methyl sites for hydroxylation is 1. The van der Waals surface area contributed by atoms with Crippen molar-refractivity contribution in [3.8, 4) is 5.75 Å². The van der Waals surface area contributed by atoms with Crippen molar-refractivity contribution in [2.45, 2.75) is 78.6 Å². The molecule has 1 saturated heterocycles. The maximum absolute atomic E-state index is 15.6. The second kappa shape index (κ2) is 15.9. The van der Waals surface area contributed by atoms with E-state index in [2.05, 4.69) is 26.3 Å². The first kappa shape index (κ1) is 36.8. The Morgan fingerprint density at radius 2 is 1.61 bits per heavy atom. The number of carbonyl (C=O) groups is 5. The van der Waals surface area contributed by atoms with Crippen molar-refractivity contribution in [2.75, 3.05) is 20.2 Å². The largest absolute Gasteiger partial charge is 0.497 e. The Morgan fingerprint density at radius 1 is 0.939 bits per heavy atom. The average molecular weight is 680 g/mol. The van der Waals surface area contributed by atoms with Gasteiger partial charge in [-0.25, -0.2) is 4.98 Å². The second-order valence-electron chi connectivity index (χ2n) is 13.3. The van der Waals surface area contributed by atoms with Crippen molar-refractivity contribution in [1.29, 1.82) is 0 Å².